The third-order valence-electron chi connectivity index (χ3n) is 5.70. The van der Waals surface area contributed by atoms with E-state index in [0.29, 0.717) is 23.8 Å². The summed E-state index contributed by atoms with van der Waals surface area (Å²) in [7, 11) is 0. The lowest BCUT2D eigenvalue weighted by atomic mass is 10.1. The van der Waals surface area contributed by atoms with E-state index < -0.39 is 11.8 Å². The molecule has 32 heavy (non-hydrogen) atoms. The Morgan fingerprint density at radius 2 is 2.03 bits per heavy atom. The minimum atomic E-state index is -0.528. The van der Waals surface area contributed by atoms with Crippen molar-refractivity contribution in [2.75, 3.05) is 42.6 Å². The molecule has 3 heterocycles. The Bertz CT molecular complexity index is 1020. The molecule has 0 saturated carbocycles. The molecule has 0 unspecified atom stereocenters. The zero-order valence-corrected chi connectivity index (χ0v) is 19.0. The van der Waals surface area contributed by atoms with Gasteiger partial charge in [0.05, 0.1) is 24.8 Å². The third kappa shape index (κ3) is 4.76. The molecule has 2 fully saturated rings. The molecule has 2 N–H and O–H groups in total. The van der Waals surface area contributed by atoms with E-state index in [1.165, 1.54) is 11.3 Å². The Morgan fingerprint density at radius 3 is 2.78 bits per heavy atom. The van der Waals surface area contributed by atoms with Gasteiger partial charge in [0.15, 0.2) is 5.13 Å². The fourth-order valence-electron chi connectivity index (χ4n) is 3.84. The van der Waals surface area contributed by atoms with Crippen molar-refractivity contribution < 1.29 is 19.1 Å². The van der Waals surface area contributed by atoms with Crippen molar-refractivity contribution in [1.29, 1.82) is 0 Å². The Morgan fingerprint density at radius 1 is 1.25 bits per heavy atom. The van der Waals surface area contributed by atoms with Crippen LogP contribution in [0, 0.1) is 12.8 Å². The third-order valence-corrected chi connectivity index (χ3v) is 6.92. The number of aryl methyl sites for hydroxylation is 2. The lowest BCUT2D eigenvalue weighted by Crippen LogP contribution is -2.45. The Balaban J connectivity index is 1.34. The molecule has 4 rings (SSSR count). The second-order valence-electron chi connectivity index (χ2n) is 7.88. The first-order valence-corrected chi connectivity index (χ1v) is 11.6. The van der Waals surface area contributed by atoms with Crippen molar-refractivity contribution in [3.8, 4) is 0 Å². The van der Waals surface area contributed by atoms with Crippen LogP contribution in [0.1, 0.15) is 34.3 Å². The maximum atomic E-state index is 12.6. The predicted molar refractivity (Wildman–Crippen MR) is 122 cm³/mol. The van der Waals surface area contributed by atoms with Gasteiger partial charge in [-0.2, -0.15) is 0 Å². The number of morpholine rings is 1. The van der Waals surface area contributed by atoms with Crippen LogP contribution < -0.4 is 20.7 Å². The Kier molecular flexibility index (Phi) is 6.71. The molecule has 1 atom stereocenters. The number of hydrogen-bond acceptors (Lipinski definition) is 7. The fourth-order valence-corrected chi connectivity index (χ4v) is 4.85. The van der Waals surface area contributed by atoms with Crippen LogP contribution in [0.4, 0.5) is 10.8 Å². The van der Waals surface area contributed by atoms with Crippen molar-refractivity contribution in [3.05, 3.63) is 40.4 Å². The average Bonchev–Trinajstić information content (AvgIpc) is 3.40. The molecule has 2 aromatic rings. The number of ether oxygens (including phenoxy) is 1. The van der Waals surface area contributed by atoms with E-state index in [1.54, 1.807) is 11.8 Å². The lowest BCUT2D eigenvalue weighted by molar-refractivity contribution is -0.126. The first kappa shape index (κ1) is 22.2. The molecular weight excluding hydrogens is 430 g/mol. The number of carbonyl (C=O) groups excluding carboxylic acids is 3. The van der Waals surface area contributed by atoms with Gasteiger partial charge < -0.3 is 14.5 Å². The number of hydrogen-bond donors (Lipinski definition) is 2. The molecule has 3 amide bonds. The molecule has 0 bridgehead atoms. The quantitative estimate of drug-likeness (QED) is 0.662. The van der Waals surface area contributed by atoms with Crippen LogP contribution in [0.5, 0.6) is 0 Å². The molecule has 10 heteroatoms. The van der Waals surface area contributed by atoms with Gasteiger partial charge in [-0.1, -0.05) is 30.4 Å². The molecule has 0 spiro atoms. The molecule has 9 nitrogen and oxygen atoms in total. The van der Waals surface area contributed by atoms with Crippen LogP contribution in [-0.4, -0.2) is 55.6 Å². The molecule has 0 aliphatic carbocycles. The molecule has 2 aliphatic heterocycles. The van der Waals surface area contributed by atoms with Crippen LogP contribution in [-0.2, 0) is 20.7 Å². The smallest absolute Gasteiger partial charge is 0.281 e. The summed E-state index contributed by atoms with van der Waals surface area (Å²) >= 11 is 1.29. The standard InChI is InChI=1S/C22H27N5O4S/c1-3-15-5-4-6-17(11-15)27-13-16(12-18(27)28)20(29)24-25-21(30)19-14(2)23-22(32-19)26-7-9-31-10-8-26/h4-6,11,16H,3,7-10,12-13H2,1-2H3,(H,24,29)(H,25,30)/t16-/m0/s1. The minimum Gasteiger partial charge on any atom is -0.378 e. The van der Waals surface area contributed by atoms with Crippen molar-refractivity contribution in [1.82, 2.24) is 15.8 Å². The normalized spacial score (nSPS) is 18.7. The maximum absolute atomic E-state index is 12.6. The molecule has 1 aromatic heterocycles. The van der Waals surface area contributed by atoms with Gasteiger partial charge in [-0.3, -0.25) is 25.2 Å². The Labute approximate surface area is 190 Å². The molecule has 0 radical (unpaired) electrons. The highest BCUT2D eigenvalue weighted by atomic mass is 32.1. The molecule has 2 saturated heterocycles. The number of anilines is 2. The summed E-state index contributed by atoms with van der Waals surface area (Å²) in [6, 6.07) is 7.77. The highest BCUT2D eigenvalue weighted by Crippen LogP contribution is 2.27. The van der Waals surface area contributed by atoms with Crippen molar-refractivity contribution in [2.45, 2.75) is 26.7 Å². The number of carbonyl (C=O) groups is 3. The summed E-state index contributed by atoms with van der Waals surface area (Å²) in [5, 5.41) is 0.772. The second-order valence-corrected chi connectivity index (χ2v) is 8.86. The zero-order valence-electron chi connectivity index (χ0n) is 18.2. The molecular formula is C22H27N5O4S. The predicted octanol–water partition coefficient (Wildman–Crippen LogP) is 1.66. The van der Waals surface area contributed by atoms with Crippen molar-refractivity contribution in [2.24, 2.45) is 5.92 Å². The fraction of sp³-hybridized carbons (Fsp3) is 0.455. The summed E-state index contributed by atoms with van der Waals surface area (Å²) in [4.78, 5) is 46.4. The molecule has 170 valence electrons. The van der Waals surface area contributed by atoms with E-state index in [-0.39, 0.29) is 24.8 Å². The number of rotatable bonds is 5. The summed E-state index contributed by atoms with van der Waals surface area (Å²) in [6.45, 7) is 6.85. The van der Waals surface area contributed by atoms with E-state index in [9.17, 15) is 14.4 Å². The largest absolute Gasteiger partial charge is 0.378 e. The van der Waals surface area contributed by atoms with E-state index >= 15 is 0 Å². The van der Waals surface area contributed by atoms with Gasteiger partial charge in [0.2, 0.25) is 11.8 Å². The lowest BCUT2D eigenvalue weighted by Gasteiger charge is -2.25. The van der Waals surface area contributed by atoms with Crippen molar-refractivity contribution >= 4 is 39.9 Å². The average molecular weight is 458 g/mol. The zero-order chi connectivity index (χ0) is 22.7. The SMILES string of the molecule is CCc1cccc(N2C[C@@H](C(=O)NNC(=O)c3sc(N4CCOCC4)nc3C)CC2=O)c1. The number of amides is 3. The summed E-state index contributed by atoms with van der Waals surface area (Å²) in [5.41, 5.74) is 7.50. The maximum Gasteiger partial charge on any atom is 0.281 e. The molecule has 1 aromatic carbocycles. The van der Waals surface area contributed by atoms with E-state index in [4.69, 9.17) is 4.74 Å². The topological polar surface area (TPSA) is 104 Å². The van der Waals surface area contributed by atoms with E-state index in [0.717, 1.165) is 35.9 Å². The van der Waals surface area contributed by atoms with Gasteiger partial charge >= 0.3 is 0 Å². The van der Waals surface area contributed by atoms with Crippen LogP contribution >= 0.6 is 11.3 Å². The van der Waals surface area contributed by atoms with Crippen LogP contribution in [0.3, 0.4) is 0 Å². The number of aromatic nitrogens is 1. The second kappa shape index (κ2) is 9.66. The number of thiazole rings is 1. The van der Waals surface area contributed by atoms with E-state index in [2.05, 4.69) is 27.7 Å². The summed E-state index contributed by atoms with van der Waals surface area (Å²) < 4.78 is 5.36. The number of nitrogens with zero attached hydrogens (tertiary/aromatic N) is 3. The van der Waals surface area contributed by atoms with Gasteiger partial charge in [0, 0.05) is 31.7 Å². The van der Waals surface area contributed by atoms with Gasteiger partial charge in [0.1, 0.15) is 4.88 Å². The minimum absolute atomic E-state index is 0.0989. The van der Waals surface area contributed by atoms with Gasteiger partial charge in [-0.25, -0.2) is 4.98 Å². The highest BCUT2D eigenvalue weighted by molar-refractivity contribution is 7.17. The summed E-state index contributed by atoms with van der Waals surface area (Å²) in [6.07, 6.45) is 0.981. The van der Waals surface area contributed by atoms with Crippen LogP contribution in [0.2, 0.25) is 0 Å². The Hall–Kier alpha value is -2.98. The highest BCUT2D eigenvalue weighted by Gasteiger charge is 2.35. The first-order chi connectivity index (χ1) is 15.5. The number of hydrazine groups is 1. The molecule has 2 aliphatic rings. The van der Waals surface area contributed by atoms with Crippen LogP contribution in [0.15, 0.2) is 24.3 Å². The van der Waals surface area contributed by atoms with Gasteiger partial charge in [-0.15, -0.1) is 0 Å². The van der Waals surface area contributed by atoms with E-state index in [1.807, 2.05) is 24.3 Å². The van der Waals surface area contributed by atoms with Gasteiger partial charge in [0.25, 0.3) is 5.91 Å². The monoisotopic (exact) mass is 457 g/mol. The number of nitrogens with one attached hydrogen (secondary N) is 2. The first-order valence-electron chi connectivity index (χ1n) is 10.8. The number of benzene rings is 1. The van der Waals surface area contributed by atoms with Crippen LogP contribution in [0.25, 0.3) is 0 Å². The van der Waals surface area contributed by atoms with Crippen molar-refractivity contribution in [3.63, 3.8) is 0 Å². The summed E-state index contributed by atoms with van der Waals surface area (Å²) in [5.74, 6) is -1.42. The van der Waals surface area contributed by atoms with Gasteiger partial charge in [-0.05, 0) is 31.0 Å².